The molecule has 0 saturated heterocycles. The number of ether oxygens (including phenoxy) is 2. The molecule has 2 atom stereocenters. The number of hydrogen-bond donors (Lipinski definition) is 1. The second-order valence-electron chi connectivity index (χ2n) is 14.0. The number of allylic oxidation sites excluding steroid dienone is 4. The van der Waals surface area contributed by atoms with Gasteiger partial charge in [-0.1, -0.05) is 134 Å². The van der Waals surface area contributed by atoms with E-state index >= 15 is 0 Å². The molecule has 0 saturated carbocycles. The lowest BCUT2D eigenvalue weighted by atomic mass is 10.1. The summed E-state index contributed by atoms with van der Waals surface area (Å²) in [6.45, 7) is 5.54. The molecule has 278 valence electrons. The third-order valence-electron chi connectivity index (χ3n) is 8.02. The molecule has 9 heteroatoms. The van der Waals surface area contributed by atoms with Crippen LogP contribution in [0.25, 0.3) is 0 Å². The van der Waals surface area contributed by atoms with Crippen LogP contribution >= 0.6 is 7.82 Å². The lowest BCUT2D eigenvalue weighted by Crippen LogP contribution is -2.37. The zero-order chi connectivity index (χ0) is 34.9. The molecule has 0 aromatic heterocycles. The molecule has 0 amide bonds. The molecule has 1 N–H and O–H groups in total. The van der Waals surface area contributed by atoms with Crippen LogP contribution in [0.4, 0.5) is 0 Å². The van der Waals surface area contributed by atoms with Gasteiger partial charge in [-0.15, -0.1) is 0 Å². The van der Waals surface area contributed by atoms with Crippen molar-refractivity contribution in [2.75, 3.05) is 54.1 Å². The van der Waals surface area contributed by atoms with Crippen molar-refractivity contribution < 1.29 is 37.3 Å². The van der Waals surface area contributed by atoms with Crippen LogP contribution in [0.15, 0.2) is 24.3 Å². The number of phosphoric ester groups is 1. The predicted octanol–water partition coefficient (Wildman–Crippen LogP) is 10.5. The van der Waals surface area contributed by atoms with Crippen molar-refractivity contribution >= 4 is 13.8 Å². The Morgan fingerprint density at radius 3 is 1.79 bits per heavy atom. The van der Waals surface area contributed by atoms with Crippen molar-refractivity contribution in [2.45, 2.75) is 161 Å². The second kappa shape index (κ2) is 32.2. The van der Waals surface area contributed by atoms with Crippen LogP contribution < -0.4 is 0 Å². The lowest BCUT2D eigenvalue weighted by molar-refractivity contribution is -0.870. The fraction of sp³-hybridized carbons (Fsp3) is 0.868. The van der Waals surface area contributed by atoms with E-state index in [1.54, 1.807) is 0 Å². The van der Waals surface area contributed by atoms with Crippen molar-refractivity contribution in [2.24, 2.45) is 0 Å². The van der Waals surface area contributed by atoms with Gasteiger partial charge in [0.25, 0.3) is 0 Å². The molecule has 0 bridgehead atoms. The van der Waals surface area contributed by atoms with Gasteiger partial charge in [-0.2, -0.15) is 0 Å². The van der Waals surface area contributed by atoms with Crippen LogP contribution in [0, 0.1) is 0 Å². The van der Waals surface area contributed by atoms with Gasteiger partial charge in [0.1, 0.15) is 19.3 Å². The lowest BCUT2D eigenvalue weighted by Gasteiger charge is -2.24. The number of hydrogen-bond acceptors (Lipinski definition) is 6. The molecule has 0 aliphatic rings. The molecule has 8 nitrogen and oxygen atoms in total. The minimum atomic E-state index is -4.26. The number of quaternary nitrogens is 1. The van der Waals surface area contributed by atoms with E-state index in [4.69, 9.17) is 18.5 Å². The summed E-state index contributed by atoms with van der Waals surface area (Å²) in [5.41, 5.74) is 0. The normalized spacial score (nSPS) is 14.3. The number of carbonyl (C=O) groups excluding carboxylic acids is 1. The van der Waals surface area contributed by atoms with Crippen molar-refractivity contribution in [1.82, 2.24) is 0 Å². The first-order valence-corrected chi connectivity index (χ1v) is 20.6. The zero-order valence-electron chi connectivity index (χ0n) is 31.3. The molecule has 47 heavy (non-hydrogen) atoms. The summed E-state index contributed by atoms with van der Waals surface area (Å²) in [5.74, 6) is -0.321. The molecule has 0 aliphatic carbocycles. The van der Waals surface area contributed by atoms with Crippen LogP contribution in [-0.2, 0) is 27.9 Å². The molecule has 0 radical (unpaired) electrons. The first-order chi connectivity index (χ1) is 22.6. The zero-order valence-corrected chi connectivity index (χ0v) is 32.2. The predicted molar refractivity (Wildman–Crippen MR) is 197 cm³/mol. The van der Waals surface area contributed by atoms with Gasteiger partial charge in [0.15, 0.2) is 0 Å². The standard InChI is InChI=1S/C38H74NO7P/c1-6-8-10-12-14-16-18-19-20-21-22-24-26-28-30-33-43-35-37(36-45-47(41,42)44-34-32-39(3,4)5)46-38(40)31-29-27-25-23-17-15-13-11-9-7-2/h12,14,18-19,37H,6-11,13,15-17,20-36H2,1-5H3/p+1/b14-12-,19-18-. The highest BCUT2D eigenvalue weighted by Crippen LogP contribution is 2.43. The van der Waals surface area contributed by atoms with Crippen LogP contribution in [0.2, 0.25) is 0 Å². The molecule has 0 rings (SSSR count). The molecule has 0 aliphatic heterocycles. The Hall–Kier alpha value is -1.02. The van der Waals surface area contributed by atoms with Gasteiger partial charge in [-0.3, -0.25) is 13.8 Å². The monoisotopic (exact) mass is 689 g/mol. The highest BCUT2D eigenvalue weighted by molar-refractivity contribution is 7.47. The number of esters is 1. The van der Waals surface area contributed by atoms with Gasteiger partial charge in [0.05, 0.1) is 34.4 Å². The number of unbranched alkanes of at least 4 members (excludes halogenated alkanes) is 17. The smallest absolute Gasteiger partial charge is 0.457 e. The van der Waals surface area contributed by atoms with Gasteiger partial charge in [-0.05, 0) is 38.5 Å². The summed E-state index contributed by atoms with van der Waals surface area (Å²) in [6, 6.07) is 0. The maximum absolute atomic E-state index is 12.6. The van der Waals surface area contributed by atoms with E-state index in [-0.39, 0.29) is 25.8 Å². The van der Waals surface area contributed by atoms with Gasteiger partial charge < -0.3 is 18.9 Å². The second-order valence-corrected chi connectivity index (χ2v) is 15.4. The minimum Gasteiger partial charge on any atom is -0.457 e. The molecule has 0 heterocycles. The summed E-state index contributed by atoms with van der Waals surface area (Å²) in [4.78, 5) is 22.7. The highest BCUT2D eigenvalue weighted by atomic mass is 31.2. The third-order valence-corrected chi connectivity index (χ3v) is 9.00. The van der Waals surface area contributed by atoms with Crippen molar-refractivity contribution in [3.8, 4) is 0 Å². The van der Waals surface area contributed by atoms with Crippen molar-refractivity contribution in [1.29, 1.82) is 0 Å². The molecule has 0 aromatic rings. The van der Waals surface area contributed by atoms with Crippen molar-refractivity contribution in [3.05, 3.63) is 24.3 Å². The van der Waals surface area contributed by atoms with Crippen LogP contribution in [0.5, 0.6) is 0 Å². The van der Waals surface area contributed by atoms with Crippen LogP contribution in [0.1, 0.15) is 155 Å². The van der Waals surface area contributed by atoms with E-state index in [0.717, 1.165) is 44.9 Å². The minimum absolute atomic E-state index is 0.0878. The quantitative estimate of drug-likeness (QED) is 0.0233. The summed E-state index contributed by atoms with van der Waals surface area (Å²) in [5, 5.41) is 0. The van der Waals surface area contributed by atoms with Crippen LogP contribution in [-0.4, -0.2) is 75.6 Å². The van der Waals surface area contributed by atoms with E-state index in [1.165, 1.54) is 89.9 Å². The average Bonchev–Trinajstić information content (AvgIpc) is 3.01. The number of rotatable bonds is 35. The summed E-state index contributed by atoms with van der Waals surface area (Å²) >= 11 is 0. The maximum atomic E-state index is 12.6. The Morgan fingerprint density at radius 1 is 0.660 bits per heavy atom. The fourth-order valence-corrected chi connectivity index (χ4v) is 5.72. The van der Waals surface area contributed by atoms with E-state index in [9.17, 15) is 14.3 Å². The molecule has 0 fully saturated rings. The average molecular weight is 689 g/mol. The van der Waals surface area contributed by atoms with E-state index in [1.807, 2.05) is 21.1 Å². The van der Waals surface area contributed by atoms with E-state index < -0.39 is 13.9 Å². The number of nitrogens with zero attached hydrogens (tertiary/aromatic N) is 1. The number of phosphoric acid groups is 1. The Bertz CT molecular complexity index is 812. The van der Waals surface area contributed by atoms with E-state index in [2.05, 4.69) is 38.2 Å². The number of carbonyl (C=O) groups is 1. The van der Waals surface area contributed by atoms with Gasteiger partial charge in [0, 0.05) is 13.0 Å². The van der Waals surface area contributed by atoms with Gasteiger partial charge in [0.2, 0.25) is 0 Å². The molecule has 2 unspecified atom stereocenters. The first-order valence-electron chi connectivity index (χ1n) is 19.1. The largest absolute Gasteiger partial charge is 0.472 e. The number of likely N-dealkylation sites (N-methyl/N-ethyl adjacent to an activating group) is 1. The Morgan fingerprint density at radius 2 is 1.19 bits per heavy atom. The fourth-order valence-electron chi connectivity index (χ4n) is 4.98. The third kappa shape index (κ3) is 36.1. The van der Waals surface area contributed by atoms with Gasteiger partial charge >= 0.3 is 13.8 Å². The topological polar surface area (TPSA) is 91.3 Å². The Labute approximate surface area is 290 Å². The Kier molecular flexibility index (Phi) is 31.5. The SMILES string of the molecule is CCCC/C=C\C/C=C\CCCCCCCCOCC(COP(=O)(O)OCC[N+](C)(C)C)OC(=O)CCCCCCCCCCCC. The molecule has 0 spiro atoms. The summed E-state index contributed by atoms with van der Waals surface area (Å²) < 4.78 is 34.8. The van der Waals surface area contributed by atoms with Gasteiger partial charge in [-0.25, -0.2) is 4.57 Å². The maximum Gasteiger partial charge on any atom is 0.472 e. The van der Waals surface area contributed by atoms with Crippen molar-refractivity contribution in [3.63, 3.8) is 0 Å². The van der Waals surface area contributed by atoms with E-state index in [0.29, 0.717) is 24.1 Å². The molecule has 0 aromatic carbocycles. The summed E-state index contributed by atoms with van der Waals surface area (Å²) in [6.07, 6.45) is 33.4. The highest BCUT2D eigenvalue weighted by Gasteiger charge is 2.26. The van der Waals surface area contributed by atoms with Crippen LogP contribution in [0.3, 0.4) is 0 Å². The first kappa shape index (κ1) is 46.0. The molecular weight excluding hydrogens is 613 g/mol. The summed E-state index contributed by atoms with van der Waals surface area (Å²) in [7, 11) is 1.66. The molecular formula is C38H75NO7P+. The Balaban J connectivity index is 4.30.